The van der Waals surface area contributed by atoms with Gasteiger partial charge in [0.25, 0.3) is 10.0 Å². The molecule has 20 heavy (non-hydrogen) atoms. The van der Waals surface area contributed by atoms with Crippen molar-refractivity contribution in [1.29, 1.82) is 0 Å². The number of nitrogens with one attached hydrogen (secondary N) is 2. The van der Waals surface area contributed by atoms with Crippen LogP contribution < -0.4 is 16.0 Å². The second-order valence-electron chi connectivity index (χ2n) is 4.09. The Balaban J connectivity index is 2.41. The van der Waals surface area contributed by atoms with Crippen LogP contribution >= 0.6 is 0 Å². The molecule has 0 unspecified atom stereocenters. The number of nitrogens with two attached hydrogens (primary N) is 1. The molecule has 1 aromatic carbocycles. The van der Waals surface area contributed by atoms with Crippen molar-refractivity contribution in [1.82, 2.24) is 4.98 Å². The third-order valence-electron chi connectivity index (χ3n) is 2.55. The molecule has 0 amide bonds. The quantitative estimate of drug-likeness (QED) is 0.588. The van der Waals surface area contributed by atoms with Crippen LogP contribution in [0.2, 0.25) is 0 Å². The maximum Gasteiger partial charge on any atom is 0.281 e. The average molecular weight is 296 g/mol. The number of anilines is 2. The van der Waals surface area contributed by atoms with Gasteiger partial charge in [-0.3, -0.25) is 10.6 Å². The van der Waals surface area contributed by atoms with Crippen molar-refractivity contribution in [3.63, 3.8) is 0 Å². The zero-order valence-corrected chi connectivity index (χ0v) is 11.4. The lowest BCUT2D eigenvalue weighted by Gasteiger charge is -2.11. The average Bonchev–Trinajstić information content (AvgIpc) is 2.42. The number of sulfonamides is 1. The number of halogens is 1. The highest BCUT2D eigenvalue weighted by molar-refractivity contribution is 7.92. The first-order chi connectivity index (χ1) is 9.44. The van der Waals surface area contributed by atoms with Gasteiger partial charge < -0.3 is 5.43 Å². The molecule has 0 aliphatic rings. The highest BCUT2D eigenvalue weighted by Crippen LogP contribution is 2.22. The van der Waals surface area contributed by atoms with Gasteiger partial charge in [0.2, 0.25) is 5.03 Å². The van der Waals surface area contributed by atoms with Gasteiger partial charge in [0.05, 0.1) is 11.4 Å². The Morgan fingerprint density at radius 3 is 2.65 bits per heavy atom. The molecule has 0 saturated heterocycles. The number of benzene rings is 1. The van der Waals surface area contributed by atoms with Crippen molar-refractivity contribution in [3.8, 4) is 0 Å². The lowest BCUT2D eigenvalue weighted by Crippen LogP contribution is -2.19. The van der Waals surface area contributed by atoms with E-state index in [0.29, 0.717) is 5.56 Å². The first-order valence-corrected chi connectivity index (χ1v) is 7.13. The monoisotopic (exact) mass is 296 g/mol. The second kappa shape index (κ2) is 5.43. The lowest BCUT2D eigenvalue weighted by molar-refractivity contribution is 0.595. The number of nitrogens with zero attached hydrogens (tertiary/aromatic N) is 1. The van der Waals surface area contributed by atoms with Crippen LogP contribution in [0.15, 0.2) is 41.6 Å². The normalized spacial score (nSPS) is 11.2. The van der Waals surface area contributed by atoms with E-state index in [9.17, 15) is 12.8 Å². The van der Waals surface area contributed by atoms with Crippen LogP contribution in [0.1, 0.15) is 5.56 Å². The summed E-state index contributed by atoms with van der Waals surface area (Å²) >= 11 is 0. The molecule has 0 radical (unpaired) electrons. The van der Waals surface area contributed by atoms with E-state index in [1.807, 2.05) is 0 Å². The SMILES string of the molecule is Cc1ccc(NS(=O)(=O)c2ncccc2NN)c(F)c1. The zero-order valence-electron chi connectivity index (χ0n) is 10.6. The Bertz CT molecular complexity index is 734. The number of aromatic nitrogens is 1. The van der Waals surface area contributed by atoms with Crippen LogP contribution in [0.5, 0.6) is 0 Å². The van der Waals surface area contributed by atoms with E-state index in [4.69, 9.17) is 5.84 Å². The van der Waals surface area contributed by atoms with Gasteiger partial charge in [-0.2, -0.15) is 8.42 Å². The summed E-state index contributed by atoms with van der Waals surface area (Å²) in [6, 6.07) is 7.16. The molecule has 0 saturated carbocycles. The summed E-state index contributed by atoms with van der Waals surface area (Å²) in [4.78, 5) is 3.75. The molecular weight excluding hydrogens is 283 g/mol. The first-order valence-electron chi connectivity index (χ1n) is 5.64. The second-order valence-corrected chi connectivity index (χ2v) is 5.69. The van der Waals surface area contributed by atoms with E-state index in [-0.39, 0.29) is 16.4 Å². The lowest BCUT2D eigenvalue weighted by atomic mass is 10.2. The van der Waals surface area contributed by atoms with Crippen molar-refractivity contribution in [3.05, 3.63) is 47.9 Å². The Kier molecular flexibility index (Phi) is 3.86. The molecule has 4 N–H and O–H groups in total. The summed E-state index contributed by atoms with van der Waals surface area (Å²) in [6.07, 6.45) is 1.31. The molecule has 0 fully saturated rings. The van der Waals surface area contributed by atoms with Gasteiger partial charge in [0.1, 0.15) is 5.82 Å². The molecule has 0 bridgehead atoms. The highest BCUT2D eigenvalue weighted by Gasteiger charge is 2.21. The molecule has 0 aliphatic heterocycles. The van der Waals surface area contributed by atoms with E-state index < -0.39 is 15.8 Å². The van der Waals surface area contributed by atoms with Crippen molar-refractivity contribution in [2.45, 2.75) is 11.9 Å². The minimum absolute atomic E-state index is 0.118. The highest BCUT2D eigenvalue weighted by atomic mass is 32.2. The maximum atomic E-state index is 13.7. The van der Waals surface area contributed by atoms with E-state index in [2.05, 4.69) is 15.1 Å². The van der Waals surface area contributed by atoms with Crippen LogP contribution in [0.25, 0.3) is 0 Å². The van der Waals surface area contributed by atoms with Crippen molar-refractivity contribution in [2.24, 2.45) is 5.84 Å². The summed E-state index contributed by atoms with van der Waals surface area (Å²) in [5.41, 5.74) is 2.89. The van der Waals surface area contributed by atoms with Gasteiger partial charge in [-0.1, -0.05) is 6.07 Å². The van der Waals surface area contributed by atoms with Gasteiger partial charge in [-0.25, -0.2) is 9.37 Å². The minimum atomic E-state index is -4.04. The number of hydrogen-bond acceptors (Lipinski definition) is 5. The van der Waals surface area contributed by atoms with Gasteiger partial charge in [0, 0.05) is 6.20 Å². The molecule has 2 aromatic rings. The van der Waals surface area contributed by atoms with Crippen LogP contribution in [0.4, 0.5) is 15.8 Å². The van der Waals surface area contributed by atoms with E-state index in [1.54, 1.807) is 13.0 Å². The molecule has 2 rings (SSSR count). The van der Waals surface area contributed by atoms with Crippen molar-refractivity contribution >= 4 is 21.4 Å². The predicted octanol–water partition coefficient (Wildman–Crippen LogP) is 1.62. The topological polar surface area (TPSA) is 97.1 Å². The third kappa shape index (κ3) is 2.86. The van der Waals surface area contributed by atoms with E-state index in [0.717, 1.165) is 0 Å². The van der Waals surface area contributed by atoms with E-state index >= 15 is 0 Å². The Hall–Kier alpha value is -2.19. The molecule has 1 aromatic heterocycles. The summed E-state index contributed by atoms with van der Waals surface area (Å²) in [5.74, 6) is 4.57. The van der Waals surface area contributed by atoms with Crippen molar-refractivity contribution < 1.29 is 12.8 Å². The summed E-state index contributed by atoms with van der Waals surface area (Å²) in [7, 11) is -4.04. The zero-order chi connectivity index (χ0) is 14.8. The molecule has 0 spiro atoms. The van der Waals surface area contributed by atoms with Crippen LogP contribution in [0.3, 0.4) is 0 Å². The largest absolute Gasteiger partial charge is 0.321 e. The van der Waals surface area contributed by atoms with E-state index in [1.165, 1.54) is 30.5 Å². The molecule has 6 nitrogen and oxygen atoms in total. The smallest absolute Gasteiger partial charge is 0.281 e. The minimum Gasteiger partial charge on any atom is -0.321 e. The van der Waals surface area contributed by atoms with Crippen LogP contribution in [-0.4, -0.2) is 13.4 Å². The van der Waals surface area contributed by atoms with Gasteiger partial charge >= 0.3 is 0 Å². The first kappa shape index (κ1) is 14.2. The van der Waals surface area contributed by atoms with Gasteiger partial charge in [0.15, 0.2) is 0 Å². The molecule has 8 heteroatoms. The number of rotatable bonds is 4. The maximum absolute atomic E-state index is 13.7. The van der Waals surface area contributed by atoms with Gasteiger partial charge in [-0.05, 0) is 36.8 Å². The fourth-order valence-corrected chi connectivity index (χ4v) is 2.78. The molecular formula is C12H13FN4O2S. The number of nitrogen functional groups attached to an aromatic ring is 1. The summed E-state index contributed by atoms with van der Waals surface area (Å²) in [6.45, 7) is 1.70. The number of hydrogen-bond donors (Lipinski definition) is 3. The van der Waals surface area contributed by atoms with Crippen molar-refractivity contribution in [2.75, 3.05) is 10.1 Å². The molecule has 1 heterocycles. The van der Waals surface area contributed by atoms with Crippen LogP contribution in [-0.2, 0) is 10.0 Å². The summed E-state index contributed by atoms with van der Waals surface area (Å²) in [5, 5.41) is -0.303. The molecule has 0 atom stereocenters. The molecule has 0 aliphatic carbocycles. The fourth-order valence-electron chi connectivity index (χ4n) is 1.61. The number of aryl methyl sites for hydroxylation is 1. The van der Waals surface area contributed by atoms with Crippen LogP contribution in [0, 0.1) is 12.7 Å². The number of hydrazine groups is 1. The fraction of sp³-hybridized carbons (Fsp3) is 0.0833. The third-order valence-corrected chi connectivity index (χ3v) is 3.87. The predicted molar refractivity (Wildman–Crippen MR) is 74.0 cm³/mol. The summed E-state index contributed by atoms with van der Waals surface area (Å²) < 4.78 is 40.2. The Morgan fingerprint density at radius 1 is 1.25 bits per heavy atom. The Labute approximate surface area is 115 Å². The Morgan fingerprint density at radius 2 is 2.00 bits per heavy atom. The number of pyridine rings is 1. The molecule has 106 valence electrons. The van der Waals surface area contributed by atoms with Gasteiger partial charge in [-0.15, -0.1) is 0 Å². The standard InChI is InChI=1S/C12H13FN4O2S/c1-8-4-5-10(9(13)7-8)17-20(18,19)12-11(16-14)3-2-6-15-12/h2-7,16-17H,14H2,1H3.